The van der Waals surface area contributed by atoms with Gasteiger partial charge in [0.25, 0.3) is 0 Å². The number of nitrogens with one attached hydrogen (secondary N) is 1. The fraction of sp³-hybridized carbons (Fsp3) is 0.588. The molecule has 1 N–H and O–H groups in total. The minimum atomic E-state index is -4.68. The van der Waals surface area contributed by atoms with E-state index in [1.165, 1.54) is 12.1 Å². The summed E-state index contributed by atoms with van der Waals surface area (Å²) in [4.78, 5) is 11.9. The summed E-state index contributed by atoms with van der Waals surface area (Å²) in [7, 11) is 0. The van der Waals surface area contributed by atoms with Gasteiger partial charge in [0.2, 0.25) is 5.91 Å². The van der Waals surface area contributed by atoms with E-state index in [0.29, 0.717) is 12.8 Å². The Morgan fingerprint density at radius 2 is 1.78 bits per heavy atom. The summed E-state index contributed by atoms with van der Waals surface area (Å²) < 4.78 is 40.0. The van der Waals surface area contributed by atoms with Crippen molar-refractivity contribution < 1.29 is 22.7 Å². The Bertz CT molecular complexity index is 506. The zero-order chi connectivity index (χ0) is 16.9. The molecule has 6 heteroatoms. The molecule has 23 heavy (non-hydrogen) atoms. The number of rotatable bonds is 5. The van der Waals surface area contributed by atoms with Crippen molar-refractivity contribution in [3.05, 3.63) is 29.8 Å². The molecule has 0 radical (unpaired) electrons. The third-order valence-electron chi connectivity index (χ3n) is 4.18. The predicted molar refractivity (Wildman–Crippen MR) is 81.0 cm³/mol. The predicted octanol–water partition coefficient (Wildman–Crippen LogP) is 4.21. The molecule has 1 aromatic carbocycles. The summed E-state index contributed by atoms with van der Waals surface area (Å²) in [6.07, 6.45) is 0.496. The van der Waals surface area contributed by atoms with Crippen LogP contribution in [0.5, 0.6) is 5.75 Å². The van der Waals surface area contributed by atoms with E-state index in [1.807, 2.05) is 0 Å². The molecule has 1 aliphatic carbocycles. The number of hydrogen-bond donors (Lipinski definition) is 1. The molecule has 1 fully saturated rings. The Balaban J connectivity index is 1.73. The number of alkyl halides is 3. The van der Waals surface area contributed by atoms with Crippen LogP contribution in [0.1, 0.15) is 44.6 Å². The summed E-state index contributed by atoms with van der Waals surface area (Å²) in [5.41, 5.74) is 0.812. The lowest BCUT2D eigenvalue weighted by Crippen LogP contribution is -2.37. The van der Waals surface area contributed by atoms with Gasteiger partial charge in [0, 0.05) is 12.5 Å². The highest BCUT2D eigenvalue weighted by atomic mass is 19.4. The third-order valence-corrected chi connectivity index (χ3v) is 4.18. The number of carbonyl (C=O) groups is 1. The van der Waals surface area contributed by atoms with Crippen LogP contribution in [0, 0.1) is 5.92 Å². The van der Waals surface area contributed by atoms with Crippen molar-refractivity contribution in [2.75, 3.05) is 0 Å². The highest BCUT2D eigenvalue weighted by Crippen LogP contribution is 2.24. The Morgan fingerprint density at radius 1 is 1.17 bits per heavy atom. The molecule has 2 rings (SSSR count). The lowest BCUT2D eigenvalue weighted by molar-refractivity contribution is -0.274. The monoisotopic (exact) mass is 329 g/mol. The van der Waals surface area contributed by atoms with Crippen molar-refractivity contribution in [2.45, 2.75) is 57.9 Å². The fourth-order valence-electron chi connectivity index (χ4n) is 2.82. The van der Waals surface area contributed by atoms with Gasteiger partial charge in [-0.3, -0.25) is 4.79 Å². The van der Waals surface area contributed by atoms with Crippen molar-refractivity contribution in [1.82, 2.24) is 5.32 Å². The number of amides is 1. The second-order valence-electron chi connectivity index (χ2n) is 6.22. The van der Waals surface area contributed by atoms with Gasteiger partial charge in [-0.25, -0.2) is 0 Å². The molecule has 3 nitrogen and oxygen atoms in total. The molecule has 0 spiro atoms. The van der Waals surface area contributed by atoms with Crippen LogP contribution in [0.3, 0.4) is 0 Å². The van der Waals surface area contributed by atoms with Crippen LogP contribution in [-0.2, 0) is 11.2 Å². The van der Waals surface area contributed by atoms with Crippen molar-refractivity contribution >= 4 is 5.91 Å². The van der Waals surface area contributed by atoms with Gasteiger partial charge in [-0.2, -0.15) is 0 Å². The van der Waals surface area contributed by atoms with E-state index in [9.17, 15) is 18.0 Å². The van der Waals surface area contributed by atoms with Crippen LogP contribution < -0.4 is 10.1 Å². The first-order chi connectivity index (χ1) is 10.8. The smallest absolute Gasteiger partial charge is 0.406 e. The Labute approximate surface area is 134 Å². The minimum absolute atomic E-state index is 0.000158. The van der Waals surface area contributed by atoms with Gasteiger partial charge < -0.3 is 10.1 Å². The molecule has 0 unspecified atom stereocenters. The molecule has 0 heterocycles. The van der Waals surface area contributed by atoms with Gasteiger partial charge in [-0.15, -0.1) is 13.2 Å². The number of carbonyl (C=O) groups excluding carboxylic acids is 1. The average molecular weight is 329 g/mol. The van der Waals surface area contributed by atoms with Gasteiger partial charge in [0.15, 0.2) is 0 Å². The maximum Gasteiger partial charge on any atom is 0.573 e. The molecule has 0 aliphatic heterocycles. The quantitative estimate of drug-likeness (QED) is 0.879. The Kier molecular flexibility index (Phi) is 5.91. The Morgan fingerprint density at radius 3 is 2.35 bits per heavy atom. The zero-order valence-corrected chi connectivity index (χ0v) is 13.2. The van der Waals surface area contributed by atoms with Gasteiger partial charge in [0.1, 0.15) is 5.75 Å². The van der Waals surface area contributed by atoms with Crippen LogP contribution >= 0.6 is 0 Å². The number of ether oxygens (including phenoxy) is 1. The number of benzene rings is 1. The van der Waals surface area contributed by atoms with Crippen LogP contribution in [0.15, 0.2) is 24.3 Å². The van der Waals surface area contributed by atoms with Crippen molar-refractivity contribution in [1.29, 1.82) is 0 Å². The maximum atomic E-state index is 12.1. The van der Waals surface area contributed by atoms with E-state index in [-0.39, 0.29) is 17.7 Å². The van der Waals surface area contributed by atoms with Crippen molar-refractivity contribution in [3.8, 4) is 5.75 Å². The van der Waals surface area contributed by atoms with E-state index in [4.69, 9.17) is 0 Å². The lowest BCUT2D eigenvalue weighted by Gasteiger charge is -2.26. The van der Waals surface area contributed by atoms with E-state index < -0.39 is 6.36 Å². The van der Waals surface area contributed by atoms with Crippen LogP contribution in [0.25, 0.3) is 0 Å². The summed E-state index contributed by atoms with van der Waals surface area (Å²) in [6.45, 7) is 2.23. The first-order valence-electron chi connectivity index (χ1n) is 7.96. The molecule has 1 aromatic rings. The number of aryl methyl sites for hydroxylation is 1. The molecule has 0 aromatic heterocycles. The van der Waals surface area contributed by atoms with Crippen LogP contribution in [0.4, 0.5) is 13.2 Å². The summed E-state index contributed by atoms with van der Waals surface area (Å²) in [5.74, 6) is 0.489. The maximum absolute atomic E-state index is 12.1. The van der Waals surface area contributed by atoms with E-state index in [2.05, 4.69) is 17.0 Å². The van der Waals surface area contributed by atoms with Gasteiger partial charge in [-0.1, -0.05) is 19.1 Å². The van der Waals surface area contributed by atoms with E-state index in [0.717, 1.165) is 37.2 Å². The second kappa shape index (κ2) is 7.70. The molecule has 0 atom stereocenters. The van der Waals surface area contributed by atoms with E-state index in [1.54, 1.807) is 12.1 Å². The standard InChI is InChI=1S/C17H22F3NO2/c1-12-2-7-14(8-3-12)21-16(22)11-6-13-4-9-15(10-5-13)23-17(18,19)20/h4-5,9-10,12,14H,2-3,6-8,11H2,1H3,(H,21,22). The second-order valence-corrected chi connectivity index (χ2v) is 6.22. The van der Waals surface area contributed by atoms with Crippen molar-refractivity contribution in [2.24, 2.45) is 5.92 Å². The van der Waals surface area contributed by atoms with Gasteiger partial charge in [-0.05, 0) is 55.7 Å². The lowest BCUT2D eigenvalue weighted by atomic mass is 9.87. The fourth-order valence-corrected chi connectivity index (χ4v) is 2.82. The summed E-state index contributed by atoms with van der Waals surface area (Å²) in [5, 5.41) is 3.04. The first kappa shape index (κ1) is 17.6. The minimum Gasteiger partial charge on any atom is -0.406 e. The Hall–Kier alpha value is -1.72. The van der Waals surface area contributed by atoms with E-state index >= 15 is 0 Å². The third kappa shape index (κ3) is 6.50. The molecule has 0 saturated heterocycles. The molecular weight excluding hydrogens is 307 g/mol. The zero-order valence-electron chi connectivity index (χ0n) is 13.2. The molecular formula is C17H22F3NO2. The highest BCUT2D eigenvalue weighted by Gasteiger charge is 2.30. The molecule has 1 saturated carbocycles. The van der Waals surface area contributed by atoms with Crippen LogP contribution in [0.2, 0.25) is 0 Å². The van der Waals surface area contributed by atoms with Gasteiger partial charge in [0.05, 0.1) is 0 Å². The number of hydrogen-bond acceptors (Lipinski definition) is 2. The topological polar surface area (TPSA) is 38.3 Å². The van der Waals surface area contributed by atoms with Crippen LogP contribution in [-0.4, -0.2) is 18.3 Å². The summed E-state index contributed by atoms with van der Waals surface area (Å²) in [6, 6.07) is 5.90. The molecule has 128 valence electrons. The summed E-state index contributed by atoms with van der Waals surface area (Å²) >= 11 is 0. The SMILES string of the molecule is CC1CCC(NC(=O)CCc2ccc(OC(F)(F)F)cc2)CC1. The molecule has 1 aliphatic rings. The normalized spacial score (nSPS) is 21.7. The average Bonchev–Trinajstić information content (AvgIpc) is 2.47. The molecule has 0 bridgehead atoms. The largest absolute Gasteiger partial charge is 0.573 e. The first-order valence-corrected chi connectivity index (χ1v) is 7.96. The highest BCUT2D eigenvalue weighted by molar-refractivity contribution is 5.76. The number of halogens is 3. The van der Waals surface area contributed by atoms with Gasteiger partial charge >= 0.3 is 6.36 Å². The van der Waals surface area contributed by atoms with Crippen molar-refractivity contribution in [3.63, 3.8) is 0 Å². The molecule has 1 amide bonds.